The van der Waals surface area contributed by atoms with Crippen molar-refractivity contribution in [3.8, 4) is 5.75 Å². The number of benzene rings is 1. The zero-order chi connectivity index (χ0) is 10.7. The molecule has 1 aromatic heterocycles. The van der Waals surface area contributed by atoms with Crippen LogP contribution in [0.5, 0.6) is 5.75 Å². The number of anilines is 1. The van der Waals surface area contributed by atoms with E-state index in [4.69, 9.17) is 10.5 Å². The Hall–Kier alpha value is -1.69. The van der Waals surface area contributed by atoms with Gasteiger partial charge in [-0.05, 0) is 24.3 Å². The van der Waals surface area contributed by atoms with Crippen molar-refractivity contribution in [3.05, 3.63) is 35.9 Å². The van der Waals surface area contributed by atoms with E-state index in [1.807, 2.05) is 0 Å². The van der Waals surface area contributed by atoms with Gasteiger partial charge >= 0.3 is 0 Å². The number of nitrogen functional groups attached to an aromatic ring is 1. The maximum Gasteiger partial charge on any atom is 0.200 e. The van der Waals surface area contributed by atoms with Crippen molar-refractivity contribution in [2.75, 3.05) is 5.73 Å². The number of hydrogen-bond acceptors (Lipinski definition) is 5. The van der Waals surface area contributed by atoms with Gasteiger partial charge in [0, 0.05) is 11.5 Å². The molecule has 0 unspecified atom stereocenters. The summed E-state index contributed by atoms with van der Waals surface area (Å²) < 4.78 is 21.8. The maximum atomic E-state index is 12.6. The highest BCUT2D eigenvalue weighted by Gasteiger charge is 2.01. The van der Waals surface area contributed by atoms with Gasteiger partial charge in [-0.2, -0.15) is 4.37 Å². The summed E-state index contributed by atoms with van der Waals surface area (Å²) in [6.45, 7) is 0.235. The Labute approximate surface area is 89.7 Å². The van der Waals surface area contributed by atoms with Crippen molar-refractivity contribution in [1.82, 2.24) is 9.36 Å². The molecule has 0 aliphatic heterocycles. The SMILES string of the molecule is Nc1nc(COc2ccc(F)cc2)ns1. The molecule has 0 aliphatic carbocycles. The number of aromatic nitrogens is 2. The van der Waals surface area contributed by atoms with E-state index >= 15 is 0 Å². The number of halogens is 1. The zero-order valence-electron chi connectivity index (χ0n) is 7.68. The average molecular weight is 225 g/mol. The van der Waals surface area contributed by atoms with Crippen LogP contribution in [0.15, 0.2) is 24.3 Å². The lowest BCUT2D eigenvalue weighted by Gasteiger charge is -2.02. The Balaban J connectivity index is 1.96. The highest BCUT2D eigenvalue weighted by Crippen LogP contribution is 2.13. The van der Waals surface area contributed by atoms with Gasteiger partial charge in [0.25, 0.3) is 0 Å². The summed E-state index contributed by atoms with van der Waals surface area (Å²) >= 11 is 1.12. The average Bonchev–Trinajstić information content (AvgIpc) is 2.64. The first kappa shape index (κ1) is 9.85. The van der Waals surface area contributed by atoms with E-state index in [1.54, 1.807) is 12.1 Å². The molecule has 0 atom stereocenters. The van der Waals surface area contributed by atoms with E-state index in [0.29, 0.717) is 16.7 Å². The molecule has 0 spiro atoms. The van der Waals surface area contributed by atoms with Crippen LogP contribution in [0, 0.1) is 5.82 Å². The van der Waals surface area contributed by atoms with Gasteiger partial charge < -0.3 is 10.5 Å². The van der Waals surface area contributed by atoms with Crippen LogP contribution in [0.1, 0.15) is 5.82 Å². The monoisotopic (exact) mass is 225 g/mol. The van der Waals surface area contributed by atoms with E-state index in [1.165, 1.54) is 12.1 Å². The minimum Gasteiger partial charge on any atom is -0.486 e. The van der Waals surface area contributed by atoms with Gasteiger partial charge in [0.15, 0.2) is 11.0 Å². The van der Waals surface area contributed by atoms with Crippen molar-refractivity contribution >= 4 is 16.7 Å². The van der Waals surface area contributed by atoms with E-state index in [2.05, 4.69) is 9.36 Å². The van der Waals surface area contributed by atoms with Gasteiger partial charge in [0.05, 0.1) is 0 Å². The lowest BCUT2D eigenvalue weighted by atomic mass is 10.3. The number of nitrogens with zero attached hydrogens (tertiary/aromatic N) is 2. The molecule has 0 bridgehead atoms. The number of rotatable bonds is 3. The van der Waals surface area contributed by atoms with E-state index in [-0.39, 0.29) is 12.4 Å². The van der Waals surface area contributed by atoms with Crippen LogP contribution in [-0.4, -0.2) is 9.36 Å². The molecule has 0 aliphatic rings. The molecule has 2 aromatic rings. The van der Waals surface area contributed by atoms with E-state index < -0.39 is 0 Å². The van der Waals surface area contributed by atoms with Gasteiger partial charge in [-0.1, -0.05) is 0 Å². The van der Waals surface area contributed by atoms with Gasteiger partial charge in [0.1, 0.15) is 18.2 Å². The first-order valence-electron chi connectivity index (χ1n) is 4.20. The maximum absolute atomic E-state index is 12.6. The lowest BCUT2D eigenvalue weighted by Crippen LogP contribution is -1.97. The Morgan fingerprint density at radius 1 is 1.33 bits per heavy atom. The largest absolute Gasteiger partial charge is 0.486 e. The second-order valence-corrected chi connectivity index (χ2v) is 3.57. The van der Waals surface area contributed by atoms with Gasteiger partial charge in [-0.25, -0.2) is 9.37 Å². The first-order chi connectivity index (χ1) is 7.24. The van der Waals surface area contributed by atoms with Crippen LogP contribution in [0.4, 0.5) is 9.52 Å². The molecule has 0 saturated carbocycles. The topological polar surface area (TPSA) is 61.0 Å². The molecular formula is C9H8FN3OS. The highest BCUT2D eigenvalue weighted by atomic mass is 32.1. The summed E-state index contributed by atoms with van der Waals surface area (Å²) in [5.74, 6) is 0.810. The molecule has 2 N–H and O–H groups in total. The van der Waals surface area contributed by atoms with E-state index in [0.717, 1.165) is 11.5 Å². The Morgan fingerprint density at radius 3 is 2.67 bits per heavy atom. The van der Waals surface area contributed by atoms with E-state index in [9.17, 15) is 4.39 Å². The van der Waals surface area contributed by atoms with Gasteiger partial charge in [0.2, 0.25) is 0 Å². The number of ether oxygens (including phenoxy) is 1. The predicted molar refractivity (Wildman–Crippen MR) is 55.1 cm³/mol. The zero-order valence-corrected chi connectivity index (χ0v) is 8.50. The van der Waals surface area contributed by atoms with Crippen molar-refractivity contribution in [3.63, 3.8) is 0 Å². The van der Waals surface area contributed by atoms with Crippen molar-refractivity contribution in [1.29, 1.82) is 0 Å². The normalized spacial score (nSPS) is 10.2. The molecular weight excluding hydrogens is 217 g/mol. The van der Waals surface area contributed by atoms with Gasteiger partial charge in [-0.3, -0.25) is 0 Å². The molecule has 78 valence electrons. The second kappa shape index (κ2) is 4.22. The third kappa shape index (κ3) is 2.63. The summed E-state index contributed by atoms with van der Waals surface area (Å²) in [4.78, 5) is 3.93. The summed E-state index contributed by atoms with van der Waals surface area (Å²) in [5.41, 5.74) is 5.41. The van der Waals surface area contributed by atoms with Crippen LogP contribution in [0.25, 0.3) is 0 Å². The van der Waals surface area contributed by atoms with Crippen LogP contribution < -0.4 is 10.5 Å². The van der Waals surface area contributed by atoms with Crippen molar-refractivity contribution in [2.45, 2.75) is 6.61 Å². The smallest absolute Gasteiger partial charge is 0.200 e. The fraction of sp³-hybridized carbons (Fsp3) is 0.111. The molecule has 0 saturated heterocycles. The fourth-order valence-corrected chi connectivity index (χ4v) is 1.44. The fourth-order valence-electron chi connectivity index (χ4n) is 1.00. The Kier molecular flexibility index (Phi) is 2.77. The molecule has 2 rings (SSSR count). The van der Waals surface area contributed by atoms with Crippen LogP contribution >= 0.6 is 11.5 Å². The quantitative estimate of drug-likeness (QED) is 0.865. The third-order valence-electron chi connectivity index (χ3n) is 1.67. The summed E-state index contributed by atoms with van der Waals surface area (Å²) in [7, 11) is 0. The molecule has 0 radical (unpaired) electrons. The summed E-state index contributed by atoms with van der Waals surface area (Å²) in [6.07, 6.45) is 0. The molecule has 0 amide bonds. The molecule has 0 fully saturated rings. The van der Waals surface area contributed by atoms with Crippen molar-refractivity contribution < 1.29 is 9.13 Å². The summed E-state index contributed by atoms with van der Waals surface area (Å²) in [6, 6.07) is 5.76. The van der Waals surface area contributed by atoms with Crippen molar-refractivity contribution in [2.24, 2.45) is 0 Å². The molecule has 1 aromatic carbocycles. The minimum absolute atomic E-state index is 0.235. The van der Waals surface area contributed by atoms with Crippen LogP contribution in [-0.2, 0) is 6.61 Å². The highest BCUT2D eigenvalue weighted by molar-refractivity contribution is 7.09. The van der Waals surface area contributed by atoms with Crippen LogP contribution in [0.3, 0.4) is 0 Å². The van der Waals surface area contributed by atoms with Crippen LogP contribution in [0.2, 0.25) is 0 Å². The molecule has 15 heavy (non-hydrogen) atoms. The third-order valence-corrected chi connectivity index (χ3v) is 2.25. The predicted octanol–water partition coefficient (Wildman–Crippen LogP) is 1.84. The number of hydrogen-bond donors (Lipinski definition) is 1. The first-order valence-corrected chi connectivity index (χ1v) is 4.98. The molecule has 4 nitrogen and oxygen atoms in total. The standard InChI is InChI=1S/C9H8FN3OS/c10-6-1-3-7(4-2-6)14-5-8-12-9(11)15-13-8/h1-4H,5H2,(H2,11,12,13). The lowest BCUT2D eigenvalue weighted by molar-refractivity contribution is 0.297. The molecule has 1 heterocycles. The Bertz CT molecular complexity index is 443. The Morgan fingerprint density at radius 2 is 2.07 bits per heavy atom. The summed E-state index contributed by atoms with van der Waals surface area (Å²) in [5, 5.41) is 0.410. The van der Waals surface area contributed by atoms with Gasteiger partial charge in [-0.15, -0.1) is 0 Å². The molecule has 6 heteroatoms. The minimum atomic E-state index is -0.293. The number of nitrogens with two attached hydrogens (primary N) is 1. The second-order valence-electron chi connectivity index (χ2n) is 2.79.